The molecule has 0 amide bonds. The zero-order valence-corrected chi connectivity index (χ0v) is 9.65. The third-order valence-electron chi connectivity index (χ3n) is 3.56. The Hall–Kier alpha value is -0.160. The van der Waals surface area contributed by atoms with Gasteiger partial charge < -0.3 is 9.84 Å². The molecule has 0 aromatic carbocycles. The summed E-state index contributed by atoms with van der Waals surface area (Å²) in [5, 5.41) is 12.0. The fourth-order valence-electron chi connectivity index (χ4n) is 2.53. The number of aliphatic hydroxyl groups excluding tert-OH is 1. The van der Waals surface area contributed by atoms with Crippen LogP contribution in [0.5, 0.6) is 0 Å². The third kappa shape index (κ3) is 2.50. The largest absolute Gasteiger partial charge is 0.389 e. The molecule has 4 nitrogen and oxygen atoms in total. The third-order valence-corrected chi connectivity index (χ3v) is 3.56. The average molecular weight is 214 g/mol. The highest BCUT2D eigenvalue weighted by molar-refractivity contribution is 4.84. The van der Waals surface area contributed by atoms with Crippen LogP contribution in [0.25, 0.3) is 0 Å². The van der Waals surface area contributed by atoms with Crippen molar-refractivity contribution >= 4 is 0 Å². The minimum atomic E-state index is -0.355. The summed E-state index contributed by atoms with van der Waals surface area (Å²) in [5.41, 5.74) is 3.43. The van der Waals surface area contributed by atoms with E-state index in [9.17, 15) is 5.11 Å². The van der Waals surface area contributed by atoms with Crippen LogP contribution in [0.2, 0.25) is 0 Å². The molecule has 0 bridgehead atoms. The monoisotopic (exact) mass is 214 g/mol. The Morgan fingerprint density at radius 2 is 1.87 bits per heavy atom. The molecule has 88 valence electrons. The second-order valence-electron chi connectivity index (χ2n) is 4.88. The van der Waals surface area contributed by atoms with Gasteiger partial charge in [-0.3, -0.25) is 0 Å². The van der Waals surface area contributed by atoms with Gasteiger partial charge in [0.2, 0.25) is 0 Å². The van der Waals surface area contributed by atoms with Crippen molar-refractivity contribution in [2.45, 2.75) is 57.3 Å². The lowest BCUT2D eigenvalue weighted by molar-refractivity contribution is 0.00997. The molecule has 4 unspecified atom stereocenters. The van der Waals surface area contributed by atoms with E-state index < -0.39 is 0 Å². The Morgan fingerprint density at radius 3 is 2.40 bits per heavy atom. The molecule has 2 aliphatic rings. The van der Waals surface area contributed by atoms with Crippen LogP contribution < -0.4 is 5.43 Å². The first-order valence-corrected chi connectivity index (χ1v) is 5.99. The molecule has 0 spiro atoms. The van der Waals surface area contributed by atoms with Gasteiger partial charge in [0.1, 0.15) is 0 Å². The molecule has 2 fully saturated rings. The van der Waals surface area contributed by atoms with Crippen molar-refractivity contribution in [3.63, 3.8) is 0 Å². The van der Waals surface area contributed by atoms with Crippen LogP contribution in [0.4, 0.5) is 0 Å². The number of hydrogen-bond donors (Lipinski definition) is 2. The van der Waals surface area contributed by atoms with Gasteiger partial charge in [-0.1, -0.05) is 6.42 Å². The second kappa shape index (κ2) is 4.78. The lowest BCUT2D eigenvalue weighted by Gasteiger charge is -2.41. The molecular formula is C11H22N2O2. The smallest absolute Gasteiger partial charge is 0.0962 e. The van der Waals surface area contributed by atoms with E-state index in [1.807, 2.05) is 0 Å². The number of piperidine rings is 1. The minimum Gasteiger partial charge on any atom is -0.389 e. The highest BCUT2D eigenvalue weighted by Gasteiger charge is 2.32. The van der Waals surface area contributed by atoms with E-state index in [1.54, 1.807) is 0 Å². The van der Waals surface area contributed by atoms with Crippen LogP contribution >= 0.6 is 0 Å². The van der Waals surface area contributed by atoms with Crippen molar-refractivity contribution in [1.82, 2.24) is 10.4 Å². The van der Waals surface area contributed by atoms with Crippen molar-refractivity contribution in [2.75, 3.05) is 13.2 Å². The maximum Gasteiger partial charge on any atom is 0.0962 e. The van der Waals surface area contributed by atoms with Crippen LogP contribution in [-0.4, -0.2) is 47.6 Å². The summed E-state index contributed by atoms with van der Waals surface area (Å²) >= 11 is 0. The van der Waals surface area contributed by atoms with Gasteiger partial charge in [-0.15, -0.1) is 0 Å². The molecule has 4 heteroatoms. The van der Waals surface area contributed by atoms with E-state index in [1.165, 1.54) is 19.3 Å². The van der Waals surface area contributed by atoms with E-state index in [4.69, 9.17) is 4.74 Å². The summed E-state index contributed by atoms with van der Waals surface area (Å²) in [5.74, 6) is 0. The molecule has 0 aliphatic carbocycles. The van der Waals surface area contributed by atoms with Gasteiger partial charge >= 0.3 is 0 Å². The average Bonchev–Trinajstić information content (AvgIpc) is 2.58. The first-order chi connectivity index (χ1) is 7.18. The van der Waals surface area contributed by atoms with Gasteiger partial charge in [-0.25, -0.2) is 10.4 Å². The van der Waals surface area contributed by atoms with Crippen molar-refractivity contribution in [3.8, 4) is 0 Å². The van der Waals surface area contributed by atoms with E-state index in [0.29, 0.717) is 25.3 Å². The summed E-state index contributed by atoms with van der Waals surface area (Å²) in [6.07, 6.45) is 3.43. The minimum absolute atomic E-state index is 0.0769. The first-order valence-electron chi connectivity index (χ1n) is 5.99. The summed E-state index contributed by atoms with van der Waals surface area (Å²) in [7, 11) is 0. The van der Waals surface area contributed by atoms with Gasteiger partial charge in [-0.05, 0) is 26.7 Å². The van der Waals surface area contributed by atoms with E-state index in [2.05, 4.69) is 24.3 Å². The lowest BCUT2D eigenvalue weighted by Crippen LogP contribution is -2.57. The van der Waals surface area contributed by atoms with Crippen LogP contribution in [0.15, 0.2) is 0 Å². The maximum atomic E-state index is 9.68. The van der Waals surface area contributed by atoms with Gasteiger partial charge in [0.25, 0.3) is 0 Å². The van der Waals surface area contributed by atoms with Crippen molar-refractivity contribution in [3.05, 3.63) is 0 Å². The standard InChI is InChI=1S/C11H22N2O2/c1-8-4-3-5-9(2)13(8)12-10-6-15-7-11(10)14/h8-12,14H,3-7H2,1-2H3. The van der Waals surface area contributed by atoms with E-state index in [0.717, 1.165) is 0 Å². The number of nitrogens with zero attached hydrogens (tertiary/aromatic N) is 1. The molecule has 0 aromatic heterocycles. The van der Waals surface area contributed by atoms with E-state index in [-0.39, 0.29) is 12.1 Å². The zero-order chi connectivity index (χ0) is 10.8. The topological polar surface area (TPSA) is 44.7 Å². The number of hydrogen-bond acceptors (Lipinski definition) is 4. The lowest BCUT2D eigenvalue weighted by atomic mass is 9.99. The van der Waals surface area contributed by atoms with Crippen LogP contribution in [0.1, 0.15) is 33.1 Å². The van der Waals surface area contributed by atoms with Gasteiger partial charge in [0, 0.05) is 12.1 Å². The quantitative estimate of drug-likeness (QED) is 0.703. The van der Waals surface area contributed by atoms with Crippen molar-refractivity contribution in [1.29, 1.82) is 0 Å². The van der Waals surface area contributed by atoms with Crippen LogP contribution in [-0.2, 0) is 4.74 Å². The van der Waals surface area contributed by atoms with Gasteiger partial charge in [0.05, 0.1) is 25.4 Å². The Kier molecular flexibility index (Phi) is 3.61. The molecule has 2 saturated heterocycles. The van der Waals surface area contributed by atoms with Crippen LogP contribution in [0.3, 0.4) is 0 Å². The summed E-state index contributed by atoms with van der Waals surface area (Å²) in [4.78, 5) is 0. The fraction of sp³-hybridized carbons (Fsp3) is 1.00. The SMILES string of the molecule is CC1CCCC(C)N1NC1COCC1O. The Morgan fingerprint density at radius 1 is 1.20 bits per heavy atom. The highest BCUT2D eigenvalue weighted by Crippen LogP contribution is 2.21. The summed E-state index contributed by atoms with van der Waals surface area (Å²) < 4.78 is 5.24. The summed E-state index contributed by atoms with van der Waals surface area (Å²) in [6.45, 7) is 5.57. The normalized spacial score (nSPS) is 43.4. The molecule has 2 rings (SSSR count). The Bertz CT molecular complexity index is 203. The Balaban J connectivity index is 1.90. The van der Waals surface area contributed by atoms with Gasteiger partial charge in [-0.2, -0.15) is 0 Å². The number of aliphatic hydroxyl groups is 1. The molecule has 2 N–H and O–H groups in total. The number of nitrogens with one attached hydrogen (secondary N) is 1. The molecule has 4 atom stereocenters. The summed E-state index contributed by atoms with van der Waals surface area (Å²) in [6, 6.07) is 1.19. The molecule has 0 aromatic rings. The Labute approximate surface area is 91.6 Å². The van der Waals surface area contributed by atoms with Crippen molar-refractivity contribution < 1.29 is 9.84 Å². The molecule has 2 heterocycles. The van der Waals surface area contributed by atoms with Crippen LogP contribution in [0, 0.1) is 0 Å². The van der Waals surface area contributed by atoms with Crippen molar-refractivity contribution in [2.24, 2.45) is 0 Å². The predicted molar refractivity (Wildman–Crippen MR) is 58.4 cm³/mol. The number of hydrazine groups is 1. The first kappa shape index (κ1) is 11.3. The predicted octanol–water partition coefficient (Wildman–Crippen LogP) is 0.514. The second-order valence-corrected chi connectivity index (χ2v) is 4.88. The highest BCUT2D eigenvalue weighted by atomic mass is 16.5. The molecule has 0 radical (unpaired) electrons. The number of rotatable bonds is 2. The fourth-order valence-corrected chi connectivity index (χ4v) is 2.53. The zero-order valence-electron chi connectivity index (χ0n) is 9.65. The number of ether oxygens (including phenoxy) is 1. The molecular weight excluding hydrogens is 192 g/mol. The molecule has 2 aliphatic heterocycles. The molecule has 0 saturated carbocycles. The van der Waals surface area contributed by atoms with Gasteiger partial charge in [0.15, 0.2) is 0 Å². The van der Waals surface area contributed by atoms with E-state index >= 15 is 0 Å². The maximum absolute atomic E-state index is 9.68. The molecule has 15 heavy (non-hydrogen) atoms.